The number of nitrogens with zero attached hydrogens (tertiary/aromatic N) is 3. The third kappa shape index (κ3) is 3.10. The van der Waals surface area contributed by atoms with E-state index in [-0.39, 0.29) is 5.91 Å². The third-order valence-electron chi connectivity index (χ3n) is 2.20. The summed E-state index contributed by atoms with van der Waals surface area (Å²) in [5.74, 6) is 0.148. The molecule has 0 spiro atoms. The number of carbonyl (C=O) groups excluding carboxylic acids is 1. The van der Waals surface area contributed by atoms with E-state index in [0.29, 0.717) is 13.0 Å². The maximum absolute atomic E-state index is 11.5. The maximum atomic E-state index is 11.5. The van der Waals surface area contributed by atoms with Crippen LogP contribution in [0.4, 0.5) is 0 Å². The van der Waals surface area contributed by atoms with Gasteiger partial charge in [0.15, 0.2) is 0 Å². The highest BCUT2D eigenvalue weighted by Crippen LogP contribution is 2.11. The molecule has 0 saturated carbocycles. The van der Waals surface area contributed by atoms with Crippen molar-refractivity contribution in [2.45, 2.75) is 26.2 Å². The molecule has 0 atom stereocenters. The van der Waals surface area contributed by atoms with Gasteiger partial charge >= 0.3 is 0 Å². The van der Waals surface area contributed by atoms with Gasteiger partial charge in [0.2, 0.25) is 5.91 Å². The van der Waals surface area contributed by atoms with E-state index in [2.05, 4.69) is 16.9 Å². The van der Waals surface area contributed by atoms with E-state index in [1.165, 1.54) is 0 Å². The van der Waals surface area contributed by atoms with Crippen molar-refractivity contribution in [3.8, 4) is 0 Å². The average Bonchev–Trinajstić information content (AvgIpc) is 2.44. The maximum Gasteiger partial charge on any atom is 0.248 e. The highest BCUT2D eigenvalue weighted by Gasteiger charge is 2.22. The number of carbonyl (C=O) groups is 1. The first kappa shape index (κ1) is 11.2. The number of hydrazone groups is 1. The summed E-state index contributed by atoms with van der Waals surface area (Å²) in [5, 5.41) is 5.91. The van der Waals surface area contributed by atoms with E-state index in [1.54, 1.807) is 5.01 Å². The largest absolute Gasteiger partial charge is 0.308 e. The topological polar surface area (TPSA) is 35.9 Å². The molecule has 1 amide bonds. The fraction of sp³-hybridized carbons (Fsp3) is 0.800. The monoisotopic (exact) mass is 197 g/mol. The Morgan fingerprint density at radius 3 is 2.79 bits per heavy atom. The van der Waals surface area contributed by atoms with Gasteiger partial charge in [-0.3, -0.25) is 4.79 Å². The number of amides is 1. The molecule has 14 heavy (non-hydrogen) atoms. The van der Waals surface area contributed by atoms with Crippen LogP contribution in [0.3, 0.4) is 0 Å². The first-order chi connectivity index (χ1) is 6.63. The van der Waals surface area contributed by atoms with E-state index in [0.717, 1.165) is 25.1 Å². The number of hydrogen-bond acceptors (Lipinski definition) is 3. The fourth-order valence-corrected chi connectivity index (χ4v) is 1.42. The summed E-state index contributed by atoms with van der Waals surface area (Å²) < 4.78 is 0. The Labute approximate surface area is 85.6 Å². The molecule has 4 nitrogen and oxygen atoms in total. The minimum absolute atomic E-state index is 0.148. The van der Waals surface area contributed by atoms with Gasteiger partial charge in [-0.15, -0.1) is 0 Å². The Balaban J connectivity index is 2.41. The Morgan fingerprint density at radius 2 is 2.21 bits per heavy atom. The zero-order valence-electron chi connectivity index (χ0n) is 9.29. The fourth-order valence-electron chi connectivity index (χ4n) is 1.42. The van der Waals surface area contributed by atoms with Crippen molar-refractivity contribution in [2.75, 3.05) is 27.2 Å². The molecule has 0 aromatic rings. The van der Waals surface area contributed by atoms with Gasteiger partial charge in [0.05, 0.1) is 13.0 Å². The predicted octanol–water partition coefficient (Wildman–Crippen LogP) is 0.936. The van der Waals surface area contributed by atoms with Crippen LogP contribution in [-0.2, 0) is 4.79 Å². The molecule has 0 aliphatic carbocycles. The molecule has 0 fully saturated rings. The zero-order valence-corrected chi connectivity index (χ0v) is 9.29. The van der Waals surface area contributed by atoms with E-state index >= 15 is 0 Å². The Hall–Kier alpha value is -0.900. The second kappa shape index (κ2) is 5.10. The van der Waals surface area contributed by atoms with E-state index in [9.17, 15) is 4.79 Å². The van der Waals surface area contributed by atoms with Gasteiger partial charge in [-0.1, -0.05) is 13.3 Å². The minimum atomic E-state index is 0.148. The zero-order chi connectivity index (χ0) is 10.6. The van der Waals surface area contributed by atoms with Crippen molar-refractivity contribution in [2.24, 2.45) is 5.10 Å². The van der Waals surface area contributed by atoms with Crippen LogP contribution in [-0.4, -0.2) is 48.7 Å². The van der Waals surface area contributed by atoms with Crippen molar-refractivity contribution < 1.29 is 4.79 Å². The molecule has 0 unspecified atom stereocenters. The van der Waals surface area contributed by atoms with Crippen molar-refractivity contribution in [3.05, 3.63) is 0 Å². The number of rotatable bonds is 5. The van der Waals surface area contributed by atoms with E-state index in [4.69, 9.17) is 0 Å². The Bertz CT molecular complexity index is 236. The smallest absolute Gasteiger partial charge is 0.248 e. The lowest BCUT2D eigenvalue weighted by molar-refractivity contribution is -0.128. The standard InChI is InChI=1S/C10H19N3O/c1-4-5-9-8-10(14)13(11-9)7-6-12(2)3/h4-8H2,1-3H3. The van der Waals surface area contributed by atoms with Gasteiger partial charge in [-0.2, -0.15) is 5.10 Å². The van der Waals surface area contributed by atoms with Crippen LogP contribution in [0.2, 0.25) is 0 Å². The molecule has 4 heteroatoms. The first-order valence-corrected chi connectivity index (χ1v) is 5.15. The SMILES string of the molecule is CCCC1=NN(CCN(C)C)C(=O)C1. The molecule has 1 rings (SSSR count). The molecule has 0 aromatic heterocycles. The second-order valence-electron chi connectivity index (χ2n) is 3.91. The lowest BCUT2D eigenvalue weighted by Crippen LogP contribution is -2.29. The van der Waals surface area contributed by atoms with Gasteiger partial charge in [0.25, 0.3) is 0 Å². The van der Waals surface area contributed by atoms with Crippen molar-refractivity contribution >= 4 is 11.6 Å². The van der Waals surface area contributed by atoms with Crippen molar-refractivity contribution in [1.82, 2.24) is 9.91 Å². The van der Waals surface area contributed by atoms with Crippen LogP contribution >= 0.6 is 0 Å². The van der Waals surface area contributed by atoms with Gasteiger partial charge in [-0.25, -0.2) is 5.01 Å². The highest BCUT2D eigenvalue weighted by molar-refractivity contribution is 6.04. The quantitative estimate of drug-likeness (QED) is 0.657. The average molecular weight is 197 g/mol. The Morgan fingerprint density at radius 1 is 1.50 bits per heavy atom. The summed E-state index contributed by atoms with van der Waals surface area (Å²) in [6, 6.07) is 0. The van der Waals surface area contributed by atoms with Gasteiger partial charge in [-0.05, 0) is 20.5 Å². The Kier molecular flexibility index (Phi) is 4.07. The lowest BCUT2D eigenvalue weighted by atomic mass is 10.2. The molecule has 0 radical (unpaired) electrons. The summed E-state index contributed by atoms with van der Waals surface area (Å²) >= 11 is 0. The van der Waals surface area contributed by atoms with E-state index in [1.807, 2.05) is 14.1 Å². The molecule has 1 aliphatic rings. The molecule has 0 bridgehead atoms. The molecular formula is C10H19N3O. The van der Waals surface area contributed by atoms with Crippen LogP contribution in [0.5, 0.6) is 0 Å². The van der Waals surface area contributed by atoms with Crippen molar-refractivity contribution in [3.63, 3.8) is 0 Å². The summed E-state index contributed by atoms with van der Waals surface area (Å²) in [5.41, 5.74) is 1.04. The van der Waals surface area contributed by atoms with Crippen molar-refractivity contribution in [1.29, 1.82) is 0 Å². The molecule has 0 saturated heterocycles. The van der Waals surface area contributed by atoms with Crippen LogP contribution < -0.4 is 0 Å². The predicted molar refractivity (Wildman–Crippen MR) is 57.2 cm³/mol. The molecule has 0 N–H and O–H groups in total. The minimum Gasteiger partial charge on any atom is -0.308 e. The summed E-state index contributed by atoms with van der Waals surface area (Å²) in [7, 11) is 3.99. The summed E-state index contributed by atoms with van der Waals surface area (Å²) in [6.45, 7) is 3.68. The number of likely N-dealkylation sites (N-methyl/N-ethyl adjacent to an activating group) is 1. The van der Waals surface area contributed by atoms with Crippen LogP contribution in [0.15, 0.2) is 5.10 Å². The van der Waals surface area contributed by atoms with Gasteiger partial charge in [0.1, 0.15) is 0 Å². The number of hydrogen-bond donors (Lipinski definition) is 0. The first-order valence-electron chi connectivity index (χ1n) is 5.15. The lowest BCUT2D eigenvalue weighted by Gasteiger charge is -2.15. The second-order valence-corrected chi connectivity index (χ2v) is 3.91. The molecule has 1 aliphatic heterocycles. The normalized spacial score (nSPS) is 16.7. The molecule has 80 valence electrons. The molecule has 1 heterocycles. The third-order valence-corrected chi connectivity index (χ3v) is 2.20. The van der Waals surface area contributed by atoms with Gasteiger partial charge in [0, 0.05) is 12.3 Å². The highest BCUT2D eigenvalue weighted by atomic mass is 16.2. The van der Waals surface area contributed by atoms with Crippen LogP contribution in [0.1, 0.15) is 26.2 Å². The summed E-state index contributed by atoms with van der Waals surface area (Å²) in [4.78, 5) is 13.5. The van der Waals surface area contributed by atoms with E-state index < -0.39 is 0 Å². The van der Waals surface area contributed by atoms with Crippen LogP contribution in [0, 0.1) is 0 Å². The summed E-state index contributed by atoms with van der Waals surface area (Å²) in [6.07, 6.45) is 2.54. The molecule has 0 aromatic carbocycles. The van der Waals surface area contributed by atoms with Crippen LogP contribution in [0.25, 0.3) is 0 Å². The molecular weight excluding hydrogens is 178 g/mol. The van der Waals surface area contributed by atoms with Gasteiger partial charge < -0.3 is 4.90 Å².